The summed E-state index contributed by atoms with van der Waals surface area (Å²) in [6, 6.07) is 7.74. The van der Waals surface area contributed by atoms with E-state index in [1.807, 2.05) is 31.3 Å². The number of hydrogen-bond donors (Lipinski definition) is 2. The fraction of sp³-hybridized carbons (Fsp3) is 0.462. The minimum atomic E-state index is 0.0312. The second-order valence-electron chi connectivity index (χ2n) is 4.21. The molecule has 0 aliphatic heterocycles. The average molecular weight is 270 g/mol. The number of nitrogens with two attached hydrogens (primary N) is 1. The Hall–Kier alpha value is -1.10. The van der Waals surface area contributed by atoms with Gasteiger partial charge in [0.05, 0.1) is 0 Å². The molecule has 1 atom stereocenters. The Morgan fingerprint density at radius 2 is 2.28 bits per heavy atom. The van der Waals surface area contributed by atoms with Crippen LogP contribution < -0.4 is 11.1 Å². The van der Waals surface area contributed by atoms with Crippen molar-refractivity contribution < 1.29 is 4.79 Å². The van der Waals surface area contributed by atoms with E-state index in [1.54, 1.807) is 7.05 Å². The molecule has 0 aliphatic carbocycles. The van der Waals surface area contributed by atoms with E-state index in [0.29, 0.717) is 24.5 Å². The van der Waals surface area contributed by atoms with E-state index < -0.39 is 0 Å². The number of hydrogen-bond acceptors (Lipinski definition) is 3. The Bertz CT molecular complexity index is 398. The number of nitrogens with one attached hydrogen (secondary N) is 1. The third kappa shape index (κ3) is 4.29. The summed E-state index contributed by atoms with van der Waals surface area (Å²) in [5, 5.41) is 3.31. The summed E-state index contributed by atoms with van der Waals surface area (Å²) in [5.74, 6) is 0.0312. The summed E-state index contributed by atoms with van der Waals surface area (Å²) in [5.41, 5.74) is 6.88. The standard InChI is InChI=1S/C13H20ClN3O/c1-16-13(18)6-7-17(2)12(9-15)10-4-3-5-11(14)8-10/h3-5,8,12H,6-7,9,15H2,1-2H3,(H,16,18). The molecule has 0 fully saturated rings. The van der Waals surface area contributed by atoms with Crippen molar-refractivity contribution in [2.45, 2.75) is 12.5 Å². The van der Waals surface area contributed by atoms with Gasteiger partial charge in [0.2, 0.25) is 5.91 Å². The zero-order chi connectivity index (χ0) is 13.5. The molecule has 100 valence electrons. The number of benzene rings is 1. The molecule has 1 rings (SSSR count). The highest BCUT2D eigenvalue weighted by Crippen LogP contribution is 2.21. The van der Waals surface area contributed by atoms with Gasteiger partial charge in [0.15, 0.2) is 0 Å². The molecule has 0 radical (unpaired) electrons. The Morgan fingerprint density at radius 1 is 1.56 bits per heavy atom. The van der Waals surface area contributed by atoms with Gasteiger partial charge in [-0.1, -0.05) is 23.7 Å². The van der Waals surface area contributed by atoms with Gasteiger partial charge in [-0.2, -0.15) is 0 Å². The van der Waals surface area contributed by atoms with E-state index in [0.717, 1.165) is 5.56 Å². The maximum atomic E-state index is 11.2. The molecule has 1 unspecified atom stereocenters. The SMILES string of the molecule is CNC(=O)CCN(C)C(CN)c1cccc(Cl)c1. The molecule has 0 aromatic heterocycles. The first-order valence-electron chi connectivity index (χ1n) is 5.94. The van der Waals surface area contributed by atoms with Crippen LogP contribution >= 0.6 is 11.6 Å². The molecule has 0 heterocycles. The molecular formula is C13H20ClN3O. The van der Waals surface area contributed by atoms with Gasteiger partial charge in [-0.25, -0.2) is 0 Å². The highest BCUT2D eigenvalue weighted by molar-refractivity contribution is 6.30. The highest BCUT2D eigenvalue weighted by atomic mass is 35.5. The zero-order valence-electron chi connectivity index (χ0n) is 10.8. The lowest BCUT2D eigenvalue weighted by Gasteiger charge is -2.27. The Balaban J connectivity index is 2.68. The van der Waals surface area contributed by atoms with Gasteiger partial charge in [-0.15, -0.1) is 0 Å². The van der Waals surface area contributed by atoms with Crippen molar-refractivity contribution in [2.75, 3.05) is 27.2 Å². The van der Waals surface area contributed by atoms with E-state index >= 15 is 0 Å². The summed E-state index contributed by atoms with van der Waals surface area (Å²) >= 11 is 5.98. The zero-order valence-corrected chi connectivity index (χ0v) is 11.6. The minimum absolute atomic E-state index is 0.0312. The normalized spacial score (nSPS) is 12.5. The topological polar surface area (TPSA) is 58.4 Å². The van der Waals surface area contributed by atoms with Crippen molar-refractivity contribution in [1.29, 1.82) is 0 Å². The summed E-state index contributed by atoms with van der Waals surface area (Å²) in [7, 11) is 3.60. The van der Waals surface area contributed by atoms with Crippen LogP contribution in [0.25, 0.3) is 0 Å². The van der Waals surface area contributed by atoms with Crippen molar-refractivity contribution in [3.63, 3.8) is 0 Å². The molecule has 3 N–H and O–H groups in total. The molecule has 5 heteroatoms. The number of carbonyl (C=O) groups is 1. The van der Waals surface area contributed by atoms with Crippen LogP contribution in [0.1, 0.15) is 18.0 Å². The fourth-order valence-electron chi connectivity index (χ4n) is 1.84. The van der Waals surface area contributed by atoms with Crippen LogP contribution in [0.5, 0.6) is 0 Å². The van der Waals surface area contributed by atoms with E-state index in [2.05, 4.69) is 10.2 Å². The molecule has 1 aromatic rings. The van der Waals surface area contributed by atoms with Crippen LogP contribution in [0.4, 0.5) is 0 Å². The van der Waals surface area contributed by atoms with Gasteiger partial charge >= 0.3 is 0 Å². The second kappa shape index (κ2) is 7.36. The third-order valence-corrected chi connectivity index (χ3v) is 3.19. The summed E-state index contributed by atoms with van der Waals surface area (Å²) < 4.78 is 0. The van der Waals surface area contributed by atoms with Gasteiger partial charge < -0.3 is 11.1 Å². The Morgan fingerprint density at radius 3 is 2.83 bits per heavy atom. The van der Waals surface area contributed by atoms with E-state index in [-0.39, 0.29) is 11.9 Å². The molecule has 0 spiro atoms. The van der Waals surface area contributed by atoms with Crippen LogP contribution in [0.2, 0.25) is 5.02 Å². The first-order chi connectivity index (χ1) is 8.58. The molecule has 18 heavy (non-hydrogen) atoms. The fourth-order valence-corrected chi connectivity index (χ4v) is 2.04. The maximum absolute atomic E-state index is 11.2. The van der Waals surface area contributed by atoms with Crippen LogP contribution in [-0.2, 0) is 4.79 Å². The summed E-state index contributed by atoms with van der Waals surface area (Å²) in [4.78, 5) is 13.3. The van der Waals surface area contributed by atoms with Crippen LogP contribution in [0, 0.1) is 0 Å². The highest BCUT2D eigenvalue weighted by Gasteiger charge is 2.16. The number of amides is 1. The predicted octanol–water partition coefficient (Wildman–Crippen LogP) is 1.41. The number of likely N-dealkylation sites (N-methyl/N-ethyl adjacent to an activating group) is 1. The first-order valence-corrected chi connectivity index (χ1v) is 6.32. The van der Waals surface area contributed by atoms with Crippen molar-refractivity contribution in [3.8, 4) is 0 Å². The average Bonchev–Trinajstić information content (AvgIpc) is 2.37. The third-order valence-electron chi connectivity index (χ3n) is 2.96. The molecule has 0 bridgehead atoms. The molecule has 1 aromatic carbocycles. The molecule has 4 nitrogen and oxygen atoms in total. The van der Waals surface area contributed by atoms with Crippen LogP contribution in [0.3, 0.4) is 0 Å². The van der Waals surface area contributed by atoms with E-state index in [4.69, 9.17) is 17.3 Å². The summed E-state index contributed by atoms with van der Waals surface area (Å²) in [6.07, 6.45) is 0.462. The lowest BCUT2D eigenvalue weighted by molar-refractivity contribution is -0.120. The minimum Gasteiger partial charge on any atom is -0.359 e. The first kappa shape index (κ1) is 15.0. The van der Waals surface area contributed by atoms with Crippen LogP contribution in [0.15, 0.2) is 24.3 Å². The predicted molar refractivity (Wildman–Crippen MR) is 74.6 cm³/mol. The van der Waals surface area contributed by atoms with Gasteiger partial charge in [-0.3, -0.25) is 9.69 Å². The molecule has 0 saturated carbocycles. The van der Waals surface area contributed by atoms with Crippen molar-refractivity contribution in [3.05, 3.63) is 34.9 Å². The number of nitrogens with zero attached hydrogens (tertiary/aromatic N) is 1. The molecule has 0 aliphatic rings. The molecule has 1 amide bonds. The van der Waals surface area contributed by atoms with Gasteiger partial charge in [0, 0.05) is 37.6 Å². The van der Waals surface area contributed by atoms with Crippen LogP contribution in [-0.4, -0.2) is 38.0 Å². The van der Waals surface area contributed by atoms with Crippen molar-refractivity contribution >= 4 is 17.5 Å². The summed E-state index contributed by atoms with van der Waals surface area (Å²) in [6.45, 7) is 1.15. The van der Waals surface area contributed by atoms with E-state index in [9.17, 15) is 4.79 Å². The Kier molecular flexibility index (Phi) is 6.12. The second-order valence-corrected chi connectivity index (χ2v) is 4.65. The quantitative estimate of drug-likeness (QED) is 0.821. The number of halogens is 1. The van der Waals surface area contributed by atoms with Gasteiger partial charge in [-0.05, 0) is 24.7 Å². The van der Waals surface area contributed by atoms with Crippen molar-refractivity contribution in [1.82, 2.24) is 10.2 Å². The smallest absolute Gasteiger partial charge is 0.221 e. The lowest BCUT2D eigenvalue weighted by atomic mass is 10.1. The van der Waals surface area contributed by atoms with Crippen molar-refractivity contribution in [2.24, 2.45) is 5.73 Å². The molecular weight excluding hydrogens is 250 g/mol. The lowest BCUT2D eigenvalue weighted by Crippen LogP contribution is -2.33. The Labute approximate surface area is 113 Å². The molecule has 0 saturated heterocycles. The van der Waals surface area contributed by atoms with Gasteiger partial charge in [0.1, 0.15) is 0 Å². The number of rotatable bonds is 6. The number of carbonyl (C=O) groups excluding carboxylic acids is 1. The largest absolute Gasteiger partial charge is 0.359 e. The van der Waals surface area contributed by atoms with E-state index in [1.165, 1.54) is 0 Å². The van der Waals surface area contributed by atoms with Gasteiger partial charge in [0.25, 0.3) is 0 Å². The maximum Gasteiger partial charge on any atom is 0.221 e. The monoisotopic (exact) mass is 269 g/mol.